The lowest BCUT2D eigenvalue weighted by Gasteiger charge is -2.15. The van der Waals surface area contributed by atoms with Gasteiger partial charge in [-0.1, -0.05) is 0 Å². The van der Waals surface area contributed by atoms with Crippen LogP contribution in [0.3, 0.4) is 0 Å². The Labute approximate surface area is 159 Å². The maximum Gasteiger partial charge on any atom is 0.163 e. The first-order valence-corrected chi connectivity index (χ1v) is 8.86. The van der Waals surface area contributed by atoms with Gasteiger partial charge in [0.05, 0.1) is 19.2 Å². The van der Waals surface area contributed by atoms with Gasteiger partial charge in [0.1, 0.15) is 11.5 Å². The van der Waals surface area contributed by atoms with E-state index in [2.05, 4.69) is 14.9 Å². The minimum atomic E-state index is 0. The summed E-state index contributed by atoms with van der Waals surface area (Å²) in [5.41, 5.74) is 7.54. The predicted octanol–water partition coefficient (Wildman–Crippen LogP) is 3.59. The van der Waals surface area contributed by atoms with E-state index in [9.17, 15) is 0 Å². The molecule has 6 nitrogen and oxygen atoms in total. The molecule has 1 aliphatic rings. The van der Waals surface area contributed by atoms with Crippen LogP contribution in [0.25, 0.3) is 21.9 Å². The van der Waals surface area contributed by atoms with E-state index in [1.165, 1.54) is 25.9 Å². The second kappa shape index (κ2) is 8.01. The van der Waals surface area contributed by atoms with Crippen molar-refractivity contribution < 1.29 is 9.47 Å². The number of halogens is 1. The molecule has 1 saturated heterocycles. The summed E-state index contributed by atoms with van der Waals surface area (Å²) in [6, 6.07) is 7.78. The summed E-state index contributed by atoms with van der Waals surface area (Å²) in [6.45, 7) is 4.23. The largest absolute Gasteiger partial charge is 0.493 e. The van der Waals surface area contributed by atoms with Crippen LogP contribution in [-0.2, 0) is 0 Å². The molecule has 0 amide bonds. The quantitative estimate of drug-likeness (QED) is 0.643. The van der Waals surface area contributed by atoms with Crippen LogP contribution < -0.4 is 15.2 Å². The van der Waals surface area contributed by atoms with Gasteiger partial charge in [-0.2, -0.15) is 0 Å². The van der Waals surface area contributed by atoms with Crippen molar-refractivity contribution in [1.82, 2.24) is 14.9 Å². The molecule has 0 spiro atoms. The molecule has 26 heavy (non-hydrogen) atoms. The zero-order valence-corrected chi connectivity index (χ0v) is 15.8. The fraction of sp³-hybridized carbons (Fsp3) is 0.421. The molecule has 0 unspecified atom stereocenters. The van der Waals surface area contributed by atoms with Gasteiger partial charge in [0.2, 0.25) is 0 Å². The zero-order chi connectivity index (χ0) is 17.2. The number of nitrogen functional groups attached to an aromatic ring is 1. The van der Waals surface area contributed by atoms with Crippen molar-refractivity contribution >= 4 is 40.2 Å². The van der Waals surface area contributed by atoms with Crippen LogP contribution in [0, 0.1) is 0 Å². The molecule has 4 rings (SSSR count). The number of hydrogen-bond acceptors (Lipinski definition) is 5. The fourth-order valence-electron chi connectivity index (χ4n) is 3.55. The molecule has 0 saturated carbocycles. The van der Waals surface area contributed by atoms with E-state index >= 15 is 0 Å². The highest BCUT2D eigenvalue weighted by Gasteiger charge is 2.13. The summed E-state index contributed by atoms with van der Waals surface area (Å²) < 4.78 is 11.5. The Morgan fingerprint density at radius 2 is 1.96 bits per heavy atom. The topological polar surface area (TPSA) is 76.4 Å². The van der Waals surface area contributed by atoms with Crippen LogP contribution in [0.15, 0.2) is 24.3 Å². The van der Waals surface area contributed by atoms with Crippen molar-refractivity contribution in [2.75, 3.05) is 39.1 Å². The number of anilines is 1. The molecule has 0 atom stereocenters. The van der Waals surface area contributed by atoms with Crippen molar-refractivity contribution in [3.63, 3.8) is 0 Å². The summed E-state index contributed by atoms with van der Waals surface area (Å²) in [5, 5.41) is 2.09. The van der Waals surface area contributed by atoms with Gasteiger partial charge in [-0.05, 0) is 50.6 Å². The lowest BCUT2D eigenvalue weighted by Crippen LogP contribution is -2.21. The summed E-state index contributed by atoms with van der Waals surface area (Å²) in [7, 11) is 1.67. The number of pyridine rings is 1. The van der Waals surface area contributed by atoms with E-state index in [0.717, 1.165) is 46.4 Å². The highest BCUT2D eigenvalue weighted by Crippen LogP contribution is 2.35. The molecule has 7 heteroatoms. The third kappa shape index (κ3) is 3.66. The molecule has 2 aromatic heterocycles. The van der Waals surface area contributed by atoms with Crippen LogP contribution in [0.2, 0.25) is 0 Å². The summed E-state index contributed by atoms with van der Waals surface area (Å²) in [6.07, 6.45) is 3.67. The van der Waals surface area contributed by atoms with Crippen molar-refractivity contribution in [3.05, 3.63) is 24.3 Å². The number of aromatic amines is 1. The van der Waals surface area contributed by atoms with Crippen LogP contribution in [-0.4, -0.2) is 48.2 Å². The van der Waals surface area contributed by atoms with E-state index in [-0.39, 0.29) is 12.4 Å². The number of hydrogen-bond donors (Lipinski definition) is 2. The maximum absolute atomic E-state index is 6.00. The monoisotopic (exact) mass is 376 g/mol. The average Bonchev–Trinajstić information content (AvgIpc) is 3.24. The lowest BCUT2D eigenvalue weighted by molar-refractivity contribution is 0.254. The molecule has 3 N–H and O–H groups in total. The van der Waals surface area contributed by atoms with Gasteiger partial charge in [-0.3, -0.25) is 0 Å². The van der Waals surface area contributed by atoms with E-state index < -0.39 is 0 Å². The molecule has 3 heterocycles. The second-order valence-corrected chi connectivity index (χ2v) is 6.56. The van der Waals surface area contributed by atoms with Crippen molar-refractivity contribution in [2.24, 2.45) is 0 Å². The number of fused-ring (bicyclic) bond motifs is 3. The third-order valence-corrected chi connectivity index (χ3v) is 4.84. The molecule has 140 valence electrons. The Bertz CT molecular complexity index is 890. The van der Waals surface area contributed by atoms with E-state index in [1.54, 1.807) is 7.11 Å². The van der Waals surface area contributed by atoms with Crippen LogP contribution in [0.4, 0.5) is 5.82 Å². The Morgan fingerprint density at radius 3 is 2.73 bits per heavy atom. The number of benzene rings is 1. The summed E-state index contributed by atoms with van der Waals surface area (Å²) in [4.78, 5) is 10.2. The predicted molar refractivity (Wildman–Crippen MR) is 108 cm³/mol. The number of methoxy groups -OCH3 is 1. The number of likely N-dealkylation sites (tertiary alicyclic amines) is 1. The minimum absolute atomic E-state index is 0. The van der Waals surface area contributed by atoms with Crippen LogP contribution in [0.5, 0.6) is 11.5 Å². The molecular formula is C19H25ClN4O2. The number of nitrogens with zero attached hydrogens (tertiary/aromatic N) is 2. The van der Waals surface area contributed by atoms with Crippen LogP contribution >= 0.6 is 12.4 Å². The Hall–Kier alpha value is -2.18. The molecule has 3 aromatic rings. The third-order valence-electron chi connectivity index (χ3n) is 4.84. The highest BCUT2D eigenvalue weighted by atomic mass is 35.5. The normalized spacial score (nSPS) is 14.7. The molecule has 1 fully saturated rings. The number of aromatic nitrogens is 2. The first-order valence-electron chi connectivity index (χ1n) is 8.86. The molecule has 1 aliphatic heterocycles. The van der Waals surface area contributed by atoms with Crippen molar-refractivity contribution in [1.29, 1.82) is 0 Å². The smallest absolute Gasteiger partial charge is 0.163 e. The Morgan fingerprint density at radius 1 is 1.15 bits per heavy atom. The highest BCUT2D eigenvalue weighted by molar-refractivity contribution is 6.07. The van der Waals surface area contributed by atoms with E-state index in [1.807, 2.05) is 24.3 Å². The fourth-order valence-corrected chi connectivity index (χ4v) is 3.55. The van der Waals surface area contributed by atoms with Crippen LogP contribution in [0.1, 0.15) is 19.3 Å². The molecule has 0 bridgehead atoms. The van der Waals surface area contributed by atoms with Gasteiger partial charge in [0.15, 0.2) is 11.5 Å². The SMILES string of the molecule is COc1cc2c(cc1OCCCN1CCCC1)[nH]c1nc(N)ccc12.Cl. The van der Waals surface area contributed by atoms with Gasteiger partial charge in [0, 0.05) is 23.4 Å². The van der Waals surface area contributed by atoms with Gasteiger partial charge < -0.3 is 25.1 Å². The van der Waals surface area contributed by atoms with E-state index in [0.29, 0.717) is 12.4 Å². The maximum atomic E-state index is 6.00. The first kappa shape index (κ1) is 18.6. The lowest BCUT2D eigenvalue weighted by atomic mass is 10.1. The minimum Gasteiger partial charge on any atom is -0.493 e. The second-order valence-electron chi connectivity index (χ2n) is 6.56. The number of H-pyrrole nitrogens is 1. The van der Waals surface area contributed by atoms with Gasteiger partial charge in [0.25, 0.3) is 0 Å². The van der Waals surface area contributed by atoms with E-state index in [4.69, 9.17) is 15.2 Å². The number of nitrogens with one attached hydrogen (secondary N) is 1. The summed E-state index contributed by atoms with van der Waals surface area (Å²) in [5.74, 6) is 2.01. The molecule has 1 aromatic carbocycles. The first-order chi connectivity index (χ1) is 12.2. The number of ether oxygens (including phenoxy) is 2. The van der Waals surface area contributed by atoms with Crippen molar-refractivity contribution in [3.8, 4) is 11.5 Å². The number of nitrogens with two attached hydrogens (primary N) is 1. The van der Waals surface area contributed by atoms with Crippen molar-refractivity contribution in [2.45, 2.75) is 19.3 Å². The molecule has 0 aliphatic carbocycles. The van der Waals surface area contributed by atoms with Gasteiger partial charge in [-0.25, -0.2) is 4.98 Å². The summed E-state index contributed by atoms with van der Waals surface area (Å²) >= 11 is 0. The average molecular weight is 377 g/mol. The van der Waals surface area contributed by atoms with Gasteiger partial charge in [-0.15, -0.1) is 12.4 Å². The standard InChI is InChI=1S/C19H24N4O2.ClH/c1-24-16-11-14-13-5-6-18(20)22-19(13)21-15(14)12-17(16)25-10-4-9-23-7-2-3-8-23;/h5-6,11-12H,2-4,7-10H2,1H3,(H3,20,21,22);1H. The Kier molecular flexibility index (Phi) is 5.74. The Balaban J connectivity index is 0.00000196. The molecular weight excluding hydrogens is 352 g/mol. The molecule has 0 radical (unpaired) electrons. The zero-order valence-electron chi connectivity index (χ0n) is 15.0. The number of rotatable bonds is 6. The van der Waals surface area contributed by atoms with Gasteiger partial charge >= 0.3 is 0 Å².